The summed E-state index contributed by atoms with van der Waals surface area (Å²) in [6.45, 7) is 1.76. The summed E-state index contributed by atoms with van der Waals surface area (Å²) in [6, 6.07) is 1.44. The van der Waals surface area contributed by atoms with E-state index in [0.717, 1.165) is 0 Å². The highest BCUT2D eigenvalue weighted by atomic mass is 79.9. The lowest BCUT2D eigenvalue weighted by atomic mass is 10.5. The van der Waals surface area contributed by atoms with Crippen LogP contribution in [0.15, 0.2) is 16.0 Å². The number of aryl methyl sites for hydroxylation is 1. The molecule has 1 unspecified atom stereocenters. The van der Waals surface area contributed by atoms with Gasteiger partial charge in [-0.05, 0) is 6.92 Å². The second-order valence-corrected chi connectivity index (χ2v) is 4.47. The van der Waals surface area contributed by atoms with Crippen molar-refractivity contribution in [3.8, 4) is 0 Å². The normalized spacial score (nSPS) is 12.8. The largest absolute Gasteiger partial charge is 0.391 e. The molecule has 0 amide bonds. The van der Waals surface area contributed by atoms with E-state index in [9.17, 15) is 9.90 Å². The number of aromatic nitrogens is 2. The summed E-state index contributed by atoms with van der Waals surface area (Å²) in [7, 11) is 0. The van der Waals surface area contributed by atoms with Crippen molar-refractivity contribution in [2.24, 2.45) is 0 Å². The molecule has 6 heteroatoms. The van der Waals surface area contributed by atoms with Crippen molar-refractivity contribution in [1.82, 2.24) is 9.97 Å². The van der Waals surface area contributed by atoms with Gasteiger partial charge in [0, 0.05) is 22.8 Å². The van der Waals surface area contributed by atoms with Crippen LogP contribution in [0, 0.1) is 6.92 Å². The molecule has 1 atom stereocenters. The van der Waals surface area contributed by atoms with Crippen molar-refractivity contribution in [3.63, 3.8) is 0 Å². The molecule has 0 aliphatic heterocycles. The predicted octanol–water partition coefficient (Wildman–Crippen LogP) is 0.926. The van der Waals surface area contributed by atoms with Gasteiger partial charge in [0.25, 0.3) is 5.56 Å². The third kappa shape index (κ3) is 3.81. The van der Waals surface area contributed by atoms with Gasteiger partial charge in [-0.2, -0.15) is 0 Å². The summed E-state index contributed by atoms with van der Waals surface area (Å²) < 4.78 is 0. The van der Waals surface area contributed by atoms with E-state index in [1.165, 1.54) is 17.8 Å². The molecule has 1 aromatic rings. The molecule has 0 aliphatic rings. The Morgan fingerprint density at radius 1 is 1.79 bits per heavy atom. The van der Waals surface area contributed by atoms with Crippen molar-refractivity contribution in [2.45, 2.75) is 18.2 Å². The number of rotatable bonds is 4. The lowest BCUT2D eigenvalue weighted by molar-refractivity contribution is 0.226. The van der Waals surface area contributed by atoms with Crippen LogP contribution in [0.4, 0.5) is 0 Å². The van der Waals surface area contributed by atoms with Crippen LogP contribution in [0.2, 0.25) is 0 Å². The summed E-state index contributed by atoms with van der Waals surface area (Å²) in [4.78, 5) is 17.8. The highest BCUT2D eigenvalue weighted by Crippen LogP contribution is 2.13. The Balaban J connectivity index is 2.63. The van der Waals surface area contributed by atoms with Gasteiger partial charge in [-0.15, -0.1) is 0 Å². The predicted molar refractivity (Wildman–Crippen MR) is 60.1 cm³/mol. The van der Waals surface area contributed by atoms with E-state index >= 15 is 0 Å². The average Bonchev–Trinajstić information content (AvgIpc) is 2.12. The monoisotopic (exact) mass is 278 g/mol. The van der Waals surface area contributed by atoms with Gasteiger partial charge in [0.2, 0.25) is 0 Å². The molecule has 0 radical (unpaired) electrons. The van der Waals surface area contributed by atoms with Crippen LogP contribution in [0.1, 0.15) is 5.69 Å². The topological polar surface area (TPSA) is 66.0 Å². The van der Waals surface area contributed by atoms with Crippen molar-refractivity contribution in [2.75, 3.05) is 11.1 Å². The van der Waals surface area contributed by atoms with Gasteiger partial charge in [-0.1, -0.05) is 27.7 Å². The van der Waals surface area contributed by atoms with Gasteiger partial charge < -0.3 is 10.1 Å². The molecular formula is C8H11BrN2O2S. The maximum atomic E-state index is 11.0. The number of aliphatic hydroxyl groups is 1. The maximum Gasteiger partial charge on any atom is 0.251 e. The minimum atomic E-state index is -0.425. The fourth-order valence-corrected chi connectivity index (χ4v) is 2.22. The van der Waals surface area contributed by atoms with E-state index in [2.05, 4.69) is 25.9 Å². The van der Waals surface area contributed by atoms with Crippen molar-refractivity contribution in [3.05, 3.63) is 22.1 Å². The molecule has 14 heavy (non-hydrogen) atoms. The van der Waals surface area contributed by atoms with E-state index in [1.807, 2.05) is 0 Å². The van der Waals surface area contributed by atoms with Crippen LogP contribution in [0.3, 0.4) is 0 Å². The van der Waals surface area contributed by atoms with Crippen molar-refractivity contribution in [1.29, 1.82) is 0 Å². The van der Waals surface area contributed by atoms with Gasteiger partial charge >= 0.3 is 0 Å². The molecule has 0 aliphatic carbocycles. The molecule has 1 heterocycles. The number of aromatic amines is 1. The van der Waals surface area contributed by atoms with Crippen LogP contribution in [0.25, 0.3) is 0 Å². The van der Waals surface area contributed by atoms with Gasteiger partial charge in [0.05, 0.1) is 6.10 Å². The molecule has 0 aromatic carbocycles. The maximum absolute atomic E-state index is 11.0. The first-order valence-corrected chi connectivity index (χ1v) is 6.17. The summed E-state index contributed by atoms with van der Waals surface area (Å²) in [5.74, 6) is 0.512. The molecule has 78 valence electrons. The molecule has 0 spiro atoms. The van der Waals surface area contributed by atoms with E-state index in [0.29, 0.717) is 21.9 Å². The van der Waals surface area contributed by atoms with E-state index < -0.39 is 6.10 Å². The summed E-state index contributed by atoms with van der Waals surface area (Å²) in [5, 5.41) is 10.3. The number of nitrogens with one attached hydrogen (secondary N) is 1. The Morgan fingerprint density at radius 3 is 3.07 bits per heavy atom. The van der Waals surface area contributed by atoms with E-state index in [-0.39, 0.29) is 5.56 Å². The Kier molecular flexibility index (Phi) is 4.64. The fourth-order valence-electron chi connectivity index (χ4n) is 0.840. The highest BCUT2D eigenvalue weighted by Gasteiger charge is 2.04. The Bertz CT molecular complexity index is 355. The Hall–Kier alpha value is -0.330. The van der Waals surface area contributed by atoms with Crippen LogP contribution in [0.5, 0.6) is 0 Å². The molecule has 1 aromatic heterocycles. The molecule has 4 nitrogen and oxygen atoms in total. The fraction of sp³-hybridized carbons (Fsp3) is 0.500. The van der Waals surface area contributed by atoms with E-state index in [4.69, 9.17) is 0 Å². The Labute approximate surface area is 94.3 Å². The molecule has 0 saturated carbocycles. The molecule has 1 rings (SSSR count). The number of nitrogens with zero attached hydrogens (tertiary/aromatic N) is 1. The first kappa shape index (κ1) is 11.7. The molecule has 0 saturated heterocycles. The first-order valence-electron chi connectivity index (χ1n) is 4.06. The molecule has 0 fully saturated rings. The van der Waals surface area contributed by atoms with Crippen LogP contribution >= 0.6 is 27.7 Å². The Morgan fingerprint density at radius 2 is 2.50 bits per heavy atom. The van der Waals surface area contributed by atoms with Crippen LogP contribution < -0.4 is 5.56 Å². The minimum absolute atomic E-state index is 0.159. The van der Waals surface area contributed by atoms with Crippen molar-refractivity contribution < 1.29 is 5.11 Å². The van der Waals surface area contributed by atoms with E-state index in [1.54, 1.807) is 6.92 Å². The zero-order chi connectivity index (χ0) is 10.6. The second-order valence-electron chi connectivity index (χ2n) is 2.81. The van der Waals surface area contributed by atoms with Gasteiger partial charge in [-0.3, -0.25) is 4.79 Å². The third-order valence-corrected chi connectivity index (χ3v) is 3.20. The average molecular weight is 279 g/mol. The smallest absolute Gasteiger partial charge is 0.251 e. The second kappa shape index (κ2) is 5.53. The van der Waals surface area contributed by atoms with Gasteiger partial charge in [-0.25, -0.2) is 4.98 Å². The number of H-pyrrole nitrogens is 1. The van der Waals surface area contributed by atoms with Crippen molar-refractivity contribution >= 4 is 27.7 Å². The van der Waals surface area contributed by atoms with Gasteiger partial charge in [0.15, 0.2) is 5.16 Å². The zero-order valence-electron chi connectivity index (χ0n) is 7.66. The lowest BCUT2D eigenvalue weighted by Crippen LogP contribution is -2.13. The van der Waals surface area contributed by atoms with Crippen LogP contribution in [-0.4, -0.2) is 32.3 Å². The van der Waals surface area contributed by atoms with Crippen LogP contribution in [-0.2, 0) is 0 Å². The number of thioether (sulfide) groups is 1. The summed E-state index contributed by atoms with van der Waals surface area (Å²) in [6.07, 6.45) is -0.425. The SMILES string of the molecule is Cc1cc(=O)[nH]c(SCC(O)CBr)n1. The molecular weight excluding hydrogens is 268 g/mol. The standard InChI is InChI=1S/C8H11BrN2O2S/c1-5-2-7(13)11-8(10-5)14-4-6(12)3-9/h2,6,12H,3-4H2,1H3,(H,10,11,13). The number of aliphatic hydroxyl groups excluding tert-OH is 1. The lowest BCUT2D eigenvalue weighted by Gasteiger charge is -2.05. The number of halogens is 1. The minimum Gasteiger partial charge on any atom is -0.391 e. The van der Waals surface area contributed by atoms with Gasteiger partial charge in [0.1, 0.15) is 0 Å². The third-order valence-electron chi connectivity index (χ3n) is 1.44. The highest BCUT2D eigenvalue weighted by molar-refractivity contribution is 9.09. The number of alkyl halides is 1. The number of hydrogen-bond acceptors (Lipinski definition) is 4. The zero-order valence-corrected chi connectivity index (χ0v) is 10.1. The molecule has 2 N–H and O–H groups in total. The summed E-state index contributed by atoms with van der Waals surface area (Å²) in [5.41, 5.74) is 0.526. The quantitative estimate of drug-likeness (QED) is 0.489. The first-order chi connectivity index (χ1) is 6.61. The summed E-state index contributed by atoms with van der Waals surface area (Å²) >= 11 is 4.50. The number of hydrogen-bond donors (Lipinski definition) is 2. The molecule has 0 bridgehead atoms.